The smallest absolute Gasteiger partial charge is 0.326 e. The number of thiophene rings is 1. The van der Waals surface area contributed by atoms with Crippen LogP contribution in [0.5, 0.6) is 0 Å². The molecule has 19 heavy (non-hydrogen) atoms. The standard InChI is InChI=1S/C14H19NO3S/c1-9-7-8-19-12(9)13(16)15-11(14(17)18)10-5-3-2-4-6-10/h7-8,10-11H,2-6H2,1H3,(H,15,16)(H,17,18). The lowest BCUT2D eigenvalue weighted by molar-refractivity contribution is -0.141. The van der Waals surface area contributed by atoms with Crippen LogP contribution in [0.25, 0.3) is 0 Å². The van der Waals surface area contributed by atoms with Gasteiger partial charge < -0.3 is 10.4 Å². The Morgan fingerprint density at radius 2 is 2.05 bits per heavy atom. The second-order valence-electron chi connectivity index (χ2n) is 5.12. The van der Waals surface area contributed by atoms with Gasteiger partial charge in [-0.2, -0.15) is 0 Å². The van der Waals surface area contributed by atoms with Crippen molar-refractivity contribution in [3.63, 3.8) is 0 Å². The van der Waals surface area contributed by atoms with E-state index in [4.69, 9.17) is 0 Å². The van der Waals surface area contributed by atoms with Gasteiger partial charge in [0, 0.05) is 0 Å². The monoisotopic (exact) mass is 281 g/mol. The number of rotatable bonds is 4. The summed E-state index contributed by atoms with van der Waals surface area (Å²) in [5.74, 6) is -1.12. The highest BCUT2D eigenvalue weighted by molar-refractivity contribution is 7.12. The molecule has 1 atom stereocenters. The molecule has 0 saturated heterocycles. The van der Waals surface area contributed by atoms with Crippen molar-refractivity contribution in [1.29, 1.82) is 0 Å². The summed E-state index contributed by atoms with van der Waals surface area (Å²) in [7, 11) is 0. The molecule has 1 saturated carbocycles. The van der Waals surface area contributed by atoms with Gasteiger partial charge in [-0.05, 0) is 42.7 Å². The number of carbonyl (C=O) groups is 2. The average molecular weight is 281 g/mol. The molecule has 1 fully saturated rings. The summed E-state index contributed by atoms with van der Waals surface area (Å²) in [6.45, 7) is 1.86. The minimum atomic E-state index is -0.922. The lowest BCUT2D eigenvalue weighted by atomic mass is 9.84. The highest BCUT2D eigenvalue weighted by atomic mass is 32.1. The van der Waals surface area contributed by atoms with Crippen molar-refractivity contribution in [2.75, 3.05) is 0 Å². The van der Waals surface area contributed by atoms with Crippen molar-refractivity contribution in [3.8, 4) is 0 Å². The van der Waals surface area contributed by atoms with E-state index in [-0.39, 0.29) is 11.8 Å². The molecule has 1 heterocycles. The maximum Gasteiger partial charge on any atom is 0.326 e. The van der Waals surface area contributed by atoms with Crippen molar-refractivity contribution in [2.45, 2.75) is 45.1 Å². The van der Waals surface area contributed by atoms with Crippen LogP contribution >= 0.6 is 11.3 Å². The van der Waals surface area contributed by atoms with E-state index in [1.807, 2.05) is 18.4 Å². The highest BCUT2D eigenvalue weighted by Crippen LogP contribution is 2.27. The van der Waals surface area contributed by atoms with Crippen molar-refractivity contribution < 1.29 is 14.7 Å². The summed E-state index contributed by atoms with van der Waals surface area (Å²) in [6, 6.07) is 1.12. The van der Waals surface area contributed by atoms with Gasteiger partial charge in [0.1, 0.15) is 6.04 Å². The average Bonchev–Trinajstić information content (AvgIpc) is 2.82. The van der Waals surface area contributed by atoms with Crippen LogP contribution in [0.1, 0.15) is 47.3 Å². The van der Waals surface area contributed by atoms with Crippen LogP contribution in [0.3, 0.4) is 0 Å². The largest absolute Gasteiger partial charge is 0.480 e. The number of carboxylic acid groups (broad SMARTS) is 1. The zero-order chi connectivity index (χ0) is 13.8. The third kappa shape index (κ3) is 3.35. The van der Waals surface area contributed by atoms with Gasteiger partial charge in [-0.15, -0.1) is 11.3 Å². The Balaban J connectivity index is 2.06. The summed E-state index contributed by atoms with van der Waals surface area (Å²) in [5.41, 5.74) is 0.898. The van der Waals surface area contributed by atoms with Crippen LogP contribution in [0.15, 0.2) is 11.4 Å². The van der Waals surface area contributed by atoms with Crippen molar-refractivity contribution in [2.24, 2.45) is 5.92 Å². The number of nitrogens with one attached hydrogen (secondary N) is 1. The van der Waals surface area contributed by atoms with Gasteiger partial charge in [-0.25, -0.2) is 4.79 Å². The fourth-order valence-corrected chi connectivity index (χ4v) is 3.49. The summed E-state index contributed by atoms with van der Waals surface area (Å²) < 4.78 is 0. The molecule has 5 heteroatoms. The number of carboxylic acids is 1. The predicted molar refractivity (Wildman–Crippen MR) is 74.5 cm³/mol. The van der Waals surface area contributed by atoms with Gasteiger partial charge in [0.25, 0.3) is 5.91 Å². The van der Waals surface area contributed by atoms with Gasteiger partial charge in [0.2, 0.25) is 0 Å². The van der Waals surface area contributed by atoms with E-state index in [0.717, 1.165) is 31.2 Å². The Labute approximate surface area is 116 Å². The number of hydrogen-bond donors (Lipinski definition) is 2. The lowest BCUT2D eigenvalue weighted by Gasteiger charge is -2.27. The van der Waals surface area contributed by atoms with Crippen LogP contribution < -0.4 is 5.32 Å². The summed E-state index contributed by atoms with van der Waals surface area (Å²) in [6.07, 6.45) is 5.06. The van der Waals surface area contributed by atoms with Crippen LogP contribution in [0, 0.1) is 12.8 Å². The Kier molecular flexibility index (Phi) is 4.58. The second-order valence-corrected chi connectivity index (χ2v) is 6.04. The molecule has 0 aromatic carbocycles. The first-order chi connectivity index (χ1) is 9.09. The van der Waals surface area contributed by atoms with E-state index in [0.29, 0.717) is 4.88 Å². The fraction of sp³-hybridized carbons (Fsp3) is 0.571. The lowest BCUT2D eigenvalue weighted by Crippen LogP contribution is -2.46. The Bertz CT molecular complexity index is 463. The molecular weight excluding hydrogens is 262 g/mol. The molecule has 2 rings (SSSR count). The van der Waals surface area contributed by atoms with E-state index < -0.39 is 12.0 Å². The molecule has 0 aliphatic heterocycles. The number of aliphatic carboxylic acids is 1. The second kappa shape index (κ2) is 6.19. The molecule has 1 aromatic rings. The molecule has 0 bridgehead atoms. The quantitative estimate of drug-likeness (QED) is 0.891. The summed E-state index contributed by atoms with van der Waals surface area (Å²) >= 11 is 1.35. The van der Waals surface area contributed by atoms with E-state index in [1.54, 1.807) is 0 Å². The minimum absolute atomic E-state index is 0.0652. The van der Waals surface area contributed by atoms with Crippen LogP contribution in [0.2, 0.25) is 0 Å². The van der Waals surface area contributed by atoms with Crippen molar-refractivity contribution in [3.05, 3.63) is 21.9 Å². The highest BCUT2D eigenvalue weighted by Gasteiger charge is 2.31. The zero-order valence-corrected chi connectivity index (χ0v) is 11.8. The first kappa shape index (κ1) is 14.1. The predicted octanol–water partition coefficient (Wildman–Crippen LogP) is 2.82. The first-order valence-corrected chi connectivity index (χ1v) is 7.55. The molecule has 2 N–H and O–H groups in total. The molecule has 1 unspecified atom stereocenters. The Hall–Kier alpha value is -1.36. The van der Waals surface area contributed by atoms with E-state index in [1.165, 1.54) is 17.8 Å². The maximum atomic E-state index is 12.1. The fourth-order valence-electron chi connectivity index (χ4n) is 2.66. The van der Waals surface area contributed by atoms with Gasteiger partial charge in [0.05, 0.1) is 4.88 Å². The molecule has 1 aliphatic rings. The topological polar surface area (TPSA) is 66.4 Å². The van der Waals surface area contributed by atoms with Crippen LogP contribution in [-0.2, 0) is 4.79 Å². The molecular formula is C14H19NO3S. The first-order valence-electron chi connectivity index (χ1n) is 6.67. The number of carbonyl (C=O) groups excluding carboxylic acids is 1. The number of aryl methyl sites for hydroxylation is 1. The Morgan fingerprint density at radius 1 is 1.37 bits per heavy atom. The van der Waals surface area contributed by atoms with E-state index >= 15 is 0 Å². The molecule has 4 nitrogen and oxygen atoms in total. The molecule has 0 spiro atoms. The van der Waals surface area contributed by atoms with E-state index in [2.05, 4.69) is 5.32 Å². The van der Waals surface area contributed by atoms with Crippen molar-refractivity contribution in [1.82, 2.24) is 5.32 Å². The number of hydrogen-bond acceptors (Lipinski definition) is 3. The van der Waals surface area contributed by atoms with Gasteiger partial charge in [0.15, 0.2) is 0 Å². The molecule has 0 radical (unpaired) electrons. The summed E-state index contributed by atoms with van der Waals surface area (Å²) in [4.78, 5) is 24.1. The van der Waals surface area contributed by atoms with Crippen LogP contribution in [0.4, 0.5) is 0 Å². The molecule has 1 aromatic heterocycles. The van der Waals surface area contributed by atoms with Gasteiger partial charge in [-0.3, -0.25) is 4.79 Å². The zero-order valence-electron chi connectivity index (χ0n) is 11.0. The van der Waals surface area contributed by atoms with E-state index in [9.17, 15) is 14.7 Å². The third-order valence-corrected chi connectivity index (χ3v) is 4.76. The van der Waals surface area contributed by atoms with Gasteiger partial charge >= 0.3 is 5.97 Å². The third-order valence-electron chi connectivity index (χ3n) is 3.74. The molecule has 1 amide bonds. The van der Waals surface area contributed by atoms with Crippen LogP contribution in [-0.4, -0.2) is 23.0 Å². The maximum absolute atomic E-state index is 12.1. The summed E-state index contributed by atoms with van der Waals surface area (Å²) in [5, 5.41) is 13.9. The van der Waals surface area contributed by atoms with Crippen molar-refractivity contribution >= 4 is 23.2 Å². The number of amides is 1. The Morgan fingerprint density at radius 3 is 2.58 bits per heavy atom. The normalized spacial score (nSPS) is 17.9. The van der Waals surface area contributed by atoms with Gasteiger partial charge in [-0.1, -0.05) is 19.3 Å². The molecule has 1 aliphatic carbocycles. The molecule has 104 valence electrons. The minimum Gasteiger partial charge on any atom is -0.480 e. The SMILES string of the molecule is Cc1ccsc1C(=O)NC(C(=O)O)C1CCCCC1.